The first-order valence-electron chi connectivity index (χ1n) is 11.1. The average molecular weight is 476 g/mol. The molecule has 0 saturated carbocycles. The normalized spacial score (nSPS) is 18.0. The molecule has 5 rings (SSSR count). The minimum atomic E-state index is -1.48. The number of carbonyl (C=O) groups excluding carboxylic acids is 1. The second-order valence-corrected chi connectivity index (χ2v) is 9.20. The highest BCUT2D eigenvalue weighted by molar-refractivity contribution is 7.13. The SMILES string of the molecule is CCn1ncc(C)c1Nc1nccc(-c2csc(-c3cccc([C@]4(O)CCN(C)C4=O)c3)n2)n1. The van der Waals surface area contributed by atoms with E-state index in [0.717, 1.165) is 34.2 Å². The van der Waals surface area contributed by atoms with Gasteiger partial charge in [0.1, 0.15) is 16.5 Å². The summed E-state index contributed by atoms with van der Waals surface area (Å²) in [5, 5.41) is 21.3. The van der Waals surface area contributed by atoms with Crippen LogP contribution in [0.25, 0.3) is 22.0 Å². The van der Waals surface area contributed by atoms with Crippen LogP contribution in [0.2, 0.25) is 0 Å². The van der Waals surface area contributed by atoms with Crippen LogP contribution in [0.4, 0.5) is 11.8 Å². The second-order valence-electron chi connectivity index (χ2n) is 8.34. The minimum Gasteiger partial charge on any atom is -0.375 e. The second kappa shape index (κ2) is 8.62. The number of thiazole rings is 1. The van der Waals surface area contributed by atoms with Crippen LogP contribution >= 0.6 is 11.3 Å². The Morgan fingerprint density at radius 3 is 2.85 bits per heavy atom. The number of hydrogen-bond acceptors (Lipinski definition) is 8. The summed E-state index contributed by atoms with van der Waals surface area (Å²) in [6, 6.07) is 9.24. The highest BCUT2D eigenvalue weighted by atomic mass is 32.1. The lowest BCUT2D eigenvalue weighted by atomic mass is 9.91. The molecular formula is C24H25N7O2S. The number of likely N-dealkylation sites (tertiary alicyclic amines) is 1. The Kier molecular flexibility index (Phi) is 5.62. The first kappa shape index (κ1) is 22.2. The summed E-state index contributed by atoms with van der Waals surface area (Å²) in [7, 11) is 1.71. The van der Waals surface area contributed by atoms with Gasteiger partial charge in [-0.1, -0.05) is 18.2 Å². The van der Waals surface area contributed by atoms with Crippen molar-refractivity contribution in [2.24, 2.45) is 0 Å². The summed E-state index contributed by atoms with van der Waals surface area (Å²) in [4.78, 5) is 27.8. The third kappa shape index (κ3) is 3.84. The standard InChI is InChI=1S/C24H25N7O2S/c1-4-31-20(15(2)13-26-31)29-23-25-10-8-18(28-23)19-14-34-21(27-19)16-6-5-7-17(12-16)24(33)9-11-30(3)22(24)32/h5-8,10,12-14,33H,4,9,11H2,1-3H3,(H,25,28,29)/t24-/m1/s1. The minimum absolute atomic E-state index is 0.273. The number of hydrogen-bond donors (Lipinski definition) is 2. The van der Waals surface area contributed by atoms with E-state index in [1.54, 1.807) is 24.2 Å². The first-order valence-corrected chi connectivity index (χ1v) is 11.9. The van der Waals surface area contributed by atoms with Crippen molar-refractivity contribution in [3.8, 4) is 22.0 Å². The number of amides is 1. The molecule has 1 aromatic carbocycles. The first-order chi connectivity index (χ1) is 16.4. The number of aromatic nitrogens is 5. The molecule has 34 heavy (non-hydrogen) atoms. The molecule has 174 valence electrons. The maximum Gasteiger partial charge on any atom is 0.258 e. The van der Waals surface area contributed by atoms with Crippen LogP contribution in [0.5, 0.6) is 0 Å². The fraction of sp³-hybridized carbons (Fsp3) is 0.292. The van der Waals surface area contributed by atoms with Crippen LogP contribution in [0.3, 0.4) is 0 Å². The lowest BCUT2D eigenvalue weighted by Gasteiger charge is -2.21. The monoisotopic (exact) mass is 475 g/mol. The van der Waals surface area contributed by atoms with Gasteiger partial charge in [-0.2, -0.15) is 5.10 Å². The van der Waals surface area contributed by atoms with Crippen molar-refractivity contribution in [2.45, 2.75) is 32.4 Å². The van der Waals surface area contributed by atoms with Gasteiger partial charge in [-0.05, 0) is 31.5 Å². The fourth-order valence-corrected chi connectivity index (χ4v) is 4.91. The van der Waals surface area contributed by atoms with Crippen molar-refractivity contribution >= 4 is 29.0 Å². The molecule has 1 aliphatic rings. The van der Waals surface area contributed by atoms with Crippen molar-refractivity contribution in [1.29, 1.82) is 0 Å². The zero-order chi connectivity index (χ0) is 23.9. The Hall–Kier alpha value is -3.63. The van der Waals surface area contributed by atoms with E-state index in [2.05, 4.69) is 20.4 Å². The van der Waals surface area contributed by atoms with E-state index in [1.807, 2.05) is 54.4 Å². The summed E-state index contributed by atoms with van der Waals surface area (Å²) in [6.07, 6.45) is 3.89. The Morgan fingerprint density at radius 1 is 1.24 bits per heavy atom. The maximum atomic E-state index is 12.5. The number of aryl methyl sites for hydroxylation is 2. The van der Waals surface area contributed by atoms with Crippen molar-refractivity contribution in [3.05, 3.63) is 59.2 Å². The number of aliphatic hydroxyl groups is 1. The van der Waals surface area contributed by atoms with Gasteiger partial charge in [0.25, 0.3) is 5.91 Å². The number of nitrogens with one attached hydrogen (secondary N) is 1. The van der Waals surface area contributed by atoms with Crippen LogP contribution in [0, 0.1) is 6.92 Å². The van der Waals surface area contributed by atoms with Crippen LogP contribution in [-0.4, -0.2) is 54.2 Å². The molecule has 2 N–H and O–H groups in total. The number of rotatable bonds is 6. The molecule has 10 heteroatoms. The molecule has 4 heterocycles. The van der Waals surface area contributed by atoms with E-state index in [4.69, 9.17) is 4.98 Å². The molecule has 1 saturated heterocycles. The van der Waals surface area contributed by atoms with Gasteiger partial charge in [0, 0.05) is 49.3 Å². The summed E-state index contributed by atoms with van der Waals surface area (Å²) in [5.41, 5.74) is 2.39. The number of benzene rings is 1. The fourth-order valence-electron chi connectivity index (χ4n) is 4.10. The van der Waals surface area contributed by atoms with Crippen molar-refractivity contribution in [1.82, 2.24) is 29.6 Å². The zero-order valence-electron chi connectivity index (χ0n) is 19.2. The third-order valence-electron chi connectivity index (χ3n) is 6.07. The molecule has 1 fully saturated rings. The molecular weight excluding hydrogens is 450 g/mol. The largest absolute Gasteiger partial charge is 0.375 e. The molecule has 0 aliphatic carbocycles. The molecule has 0 bridgehead atoms. The Labute approximate surface area is 201 Å². The van der Waals surface area contributed by atoms with Crippen molar-refractivity contribution in [3.63, 3.8) is 0 Å². The quantitative estimate of drug-likeness (QED) is 0.439. The molecule has 0 unspecified atom stereocenters. The van der Waals surface area contributed by atoms with Gasteiger partial charge in [0.2, 0.25) is 5.95 Å². The molecule has 0 spiro atoms. The van der Waals surface area contributed by atoms with Crippen LogP contribution in [0.1, 0.15) is 24.5 Å². The van der Waals surface area contributed by atoms with E-state index in [9.17, 15) is 9.90 Å². The van der Waals surface area contributed by atoms with Crippen molar-refractivity contribution < 1.29 is 9.90 Å². The zero-order valence-corrected chi connectivity index (χ0v) is 20.0. The number of carbonyl (C=O) groups is 1. The molecule has 9 nitrogen and oxygen atoms in total. The summed E-state index contributed by atoms with van der Waals surface area (Å²) in [6.45, 7) is 5.28. The molecule has 0 radical (unpaired) electrons. The van der Waals surface area contributed by atoms with Gasteiger partial charge in [-0.15, -0.1) is 11.3 Å². The van der Waals surface area contributed by atoms with Crippen LogP contribution in [-0.2, 0) is 16.9 Å². The summed E-state index contributed by atoms with van der Waals surface area (Å²) < 4.78 is 1.86. The molecule has 1 amide bonds. The Balaban J connectivity index is 1.41. The number of anilines is 2. The van der Waals surface area contributed by atoms with E-state index in [1.165, 1.54) is 11.3 Å². The smallest absolute Gasteiger partial charge is 0.258 e. The summed E-state index contributed by atoms with van der Waals surface area (Å²) >= 11 is 1.49. The van der Waals surface area contributed by atoms with Crippen LogP contribution < -0.4 is 5.32 Å². The highest BCUT2D eigenvalue weighted by Gasteiger charge is 2.45. The average Bonchev–Trinajstić information content (AvgIpc) is 3.55. The number of nitrogens with zero attached hydrogens (tertiary/aromatic N) is 6. The van der Waals surface area contributed by atoms with Gasteiger partial charge in [-0.3, -0.25) is 4.79 Å². The topological polar surface area (TPSA) is 109 Å². The Bertz CT molecular complexity index is 1360. The molecule has 3 aromatic heterocycles. The van der Waals surface area contributed by atoms with E-state index < -0.39 is 5.60 Å². The lowest BCUT2D eigenvalue weighted by molar-refractivity contribution is -0.143. The molecule has 4 aromatic rings. The highest BCUT2D eigenvalue weighted by Crippen LogP contribution is 2.36. The lowest BCUT2D eigenvalue weighted by Crippen LogP contribution is -2.36. The van der Waals surface area contributed by atoms with E-state index >= 15 is 0 Å². The predicted molar refractivity (Wildman–Crippen MR) is 131 cm³/mol. The van der Waals surface area contributed by atoms with Gasteiger partial charge in [0.15, 0.2) is 5.60 Å². The van der Waals surface area contributed by atoms with Crippen LogP contribution in [0.15, 0.2) is 48.1 Å². The van der Waals surface area contributed by atoms with Gasteiger partial charge < -0.3 is 15.3 Å². The van der Waals surface area contributed by atoms with E-state index in [0.29, 0.717) is 30.2 Å². The summed E-state index contributed by atoms with van der Waals surface area (Å²) in [5.74, 6) is 1.06. The van der Waals surface area contributed by atoms with Gasteiger partial charge >= 0.3 is 0 Å². The van der Waals surface area contributed by atoms with Crippen molar-refractivity contribution in [2.75, 3.05) is 18.9 Å². The molecule has 1 atom stereocenters. The molecule has 1 aliphatic heterocycles. The number of likely N-dealkylation sites (N-methyl/N-ethyl adjacent to an activating group) is 1. The van der Waals surface area contributed by atoms with Gasteiger partial charge in [-0.25, -0.2) is 19.6 Å². The third-order valence-corrected chi connectivity index (χ3v) is 6.96. The Morgan fingerprint density at radius 2 is 2.09 bits per heavy atom. The predicted octanol–water partition coefficient (Wildman–Crippen LogP) is 3.59. The maximum absolute atomic E-state index is 12.5. The van der Waals surface area contributed by atoms with Gasteiger partial charge in [0.05, 0.1) is 11.9 Å². The van der Waals surface area contributed by atoms with E-state index in [-0.39, 0.29) is 5.91 Å².